The summed E-state index contributed by atoms with van der Waals surface area (Å²) in [6.45, 7) is 11.5. The lowest BCUT2D eigenvalue weighted by atomic mass is 10.9. The third kappa shape index (κ3) is 2.99. The van der Waals surface area contributed by atoms with Crippen molar-refractivity contribution in [3.05, 3.63) is 18.9 Å². The van der Waals surface area contributed by atoms with E-state index in [0.717, 1.165) is 0 Å². The van der Waals surface area contributed by atoms with Crippen LogP contribution in [0, 0.1) is 6.61 Å². The van der Waals surface area contributed by atoms with Gasteiger partial charge >= 0.3 is 0 Å². The number of hydrogen-bond acceptors (Lipinski definition) is 1. The SMILES string of the molecule is C=C[Si](C)(C)O[CH]C. The highest BCUT2D eigenvalue weighted by molar-refractivity contribution is 6.76. The average molecular weight is 129 g/mol. The van der Waals surface area contributed by atoms with E-state index in [2.05, 4.69) is 19.7 Å². The Morgan fingerprint density at radius 1 is 1.50 bits per heavy atom. The van der Waals surface area contributed by atoms with Gasteiger partial charge in [0, 0.05) is 0 Å². The summed E-state index contributed by atoms with van der Waals surface area (Å²) in [6, 6.07) is 0. The smallest absolute Gasteiger partial charge is 0.211 e. The molecule has 47 valence electrons. The fourth-order valence-electron chi connectivity index (χ4n) is 0.352. The van der Waals surface area contributed by atoms with E-state index in [9.17, 15) is 0 Å². The third-order valence-electron chi connectivity index (χ3n) is 0.913. The van der Waals surface area contributed by atoms with Gasteiger partial charge in [0.05, 0.1) is 6.61 Å². The molecular formula is C6H13OSi. The number of hydrogen-bond donors (Lipinski definition) is 0. The van der Waals surface area contributed by atoms with Crippen LogP contribution in [-0.2, 0) is 4.43 Å². The molecular weight excluding hydrogens is 116 g/mol. The first-order valence-corrected chi connectivity index (χ1v) is 5.70. The first-order chi connectivity index (χ1) is 3.62. The van der Waals surface area contributed by atoms with Gasteiger partial charge in [-0.1, -0.05) is 5.70 Å². The van der Waals surface area contributed by atoms with Gasteiger partial charge in [0.25, 0.3) is 0 Å². The molecule has 0 aliphatic carbocycles. The number of rotatable bonds is 3. The van der Waals surface area contributed by atoms with E-state index in [1.54, 1.807) is 6.61 Å². The van der Waals surface area contributed by atoms with Crippen LogP contribution in [0.25, 0.3) is 0 Å². The van der Waals surface area contributed by atoms with Crippen LogP contribution in [0.2, 0.25) is 13.1 Å². The fourth-order valence-corrected chi connectivity index (χ4v) is 1.06. The first-order valence-electron chi connectivity index (χ1n) is 2.71. The van der Waals surface area contributed by atoms with Crippen molar-refractivity contribution in [2.45, 2.75) is 20.0 Å². The highest BCUT2D eigenvalue weighted by atomic mass is 28.4. The maximum Gasteiger partial charge on any atom is 0.211 e. The molecule has 1 nitrogen and oxygen atoms in total. The van der Waals surface area contributed by atoms with Crippen molar-refractivity contribution in [1.82, 2.24) is 0 Å². The first kappa shape index (κ1) is 7.92. The van der Waals surface area contributed by atoms with Crippen LogP contribution in [0.4, 0.5) is 0 Å². The van der Waals surface area contributed by atoms with Crippen molar-refractivity contribution in [2.24, 2.45) is 0 Å². The van der Waals surface area contributed by atoms with E-state index in [1.165, 1.54) is 0 Å². The Kier molecular flexibility index (Phi) is 3.01. The molecule has 0 aromatic carbocycles. The predicted octanol–water partition coefficient (Wildman–Crippen LogP) is 2.11. The van der Waals surface area contributed by atoms with Gasteiger partial charge < -0.3 is 4.43 Å². The monoisotopic (exact) mass is 129 g/mol. The zero-order valence-electron chi connectivity index (χ0n) is 5.77. The van der Waals surface area contributed by atoms with Gasteiger partial charge in [-0.15, -0.1) is 6.58 Å². The molecule has 0 bridgehead atoms. The maximum absolute atomic E-state index is 5.27. The van der Waals surface area contributed by atoms with Crippen molar-refractivity contribution in [3.8, 4) is 0 Å². The second-order valence-electron chi connectivity index (χ2n) is 2.16. The summed E-state index contributed by atoms with van der Waals surface area (Å²) < 4.78 is 5.27. The second-order valence-corrected chi connectivity index (χ2v) is 6.01. The van der Waals surface area contributed by atoms with Gasteiger partial charge in [0.1, 0.15) is 0 Å². The van der Waals surface area contributed by atoms with Crippen LogP contribution in [0.1, 0.15) is 6.92 Å². The Bertz CT molecular complexity index is 78.6. The molecule has 0 unspecified atom stereocenters. The van der Waals surface area contributed by atoms with E-state index in [1.807, 2.05) is 12.6 Å². The zero-order chi connectivity index (χ0) is 6.62. The Morgan fingerprint density at radius 3 is 2.12 bits per heavy atom. The lowest BCUT2D eigenvalue weighted by molar-refractivity contribution is 0.417. The molecule has 0 spiro atoms. The lowest BCUT2D eigenvalue weighted by Gasteiger charge is -2.15. The quantitative estimate of drug-likeness (QED) is 0.530. The maximum atomic E-state index is 5.27. The predicted molar refractivity (Wildman–Crippen MR) is 38.7 cm³/mol. The standard InChI is InChI=1S/C6H13OSi/c1-5-7-8(3,4)6-2/h5-6H,2H2,1,3-4H3. The Morgan fingerprint density at radius 2 is 2.00 bits per heavy atom. The Labute approximate surface area is 52.5 Å². The molecule has 0 N–H and O–H groups in total. The van der Waals surface area contributed by atoms with Gasteiger partial charge in [-0.3, -0.25) is 0 Å². The minimum Gasteiger partial charge on any atom is -0.408 e. The van der Waals surface area contributed by atoms with Crippen LogP contribution in [0.5, 0.6) is 0 Å². The molecule has 0 atom stereocenters. The molecule has 0 rings (SSSR count). The van der Waals surface area contributed by atoms with E-state index in [4.69, 9.17) is 4.43 Å². The van der Waals surface area contributed by atoms with Crippen LogP contribution < -0.4 is 0 Å². The molecule has 2 heteroatoms. The van der Waals surface area contributed by atoms with Crippen LogP contribution in [0.15, 0.2) is 12.3 Å². The van der Waals surface area contributed by atoms with Gasteiger partial charge in [-0.25, -0.2) is 0 Å². The highest BCUT2D eigenvalue weighted by Gasteiger charge is 2.15. The molecule has 0 amide bonds. The summed E-state index contributed by atoms with van der Waals surface area (Å²) in [5.41, 5.74) is 1.91. The minimum absolute atomic E-state index is 1.47. The van der Waals surface area contributed by atoms with Gasteiger partial charge in [-0.05, 0) is 20.0 Å². The van der Waals surface area contributed by atoms with E-state index >= 15 is 0 Å². The van der Waals surface area contributed by atoms with Crippen molar-refractivity contribution >= 4 is 8.32 Å². The molecule has 8 heavy (non-hydrogen) atoms. The molecule has 1 radical (unpaired) electrons. The summed E-state index contributed by atoms with van der Waals surface area (Å²) >= 11 is 0. The van der Waals surface area contributed by atoms with Gasteiger partial charge in [-0.2, -0.15) is 0 Å². The summed E-state index contributed by atoms with van der Waals surface area (Å²) in [4.78, 5) is 0. The van der Waals surface area contributed by atoms with Gasteiger partial charge in [0.2, 0.25) is 8.32 Å². The van der Waals surface area contributed by atoms with Crippen molar-refractivity contribution in [3.63, 3.8) is 0 Å². The van der Waals surface area contributed by atoms with E-state index in [-0.39, 0.29) is 0 Å². The summed E-state index contributed by atoms with van der Waals surface area (Å²) in [6.07, 6.45) is 0. The third-order valence-corrected chi connectivity index (χ3v) is 2.74. The molecule has 0 aliphatic rings. The average Bonchev–Trinajstić information content (AvgIpc) is 1.67. The normalized spacial score (nSPS) is 11.4. The fraction of sp³-hybridized carbons (Fsp3) is 0.500. The Balaban J connectivity index is 3.53. The molecule has 0 heterocycles. The molecule has 0 saturated heterocycles. The van der Waals surface area contributed by atoms with E-state index < -0.39 is 8.32 Å². The minimum atomic E-state index is -1.47. The van der Waals surface area contributed by atoms with Crippen molar-refractivity contribution < 1.29 is 4.43 Å². The molecule has 0 fully saturated rings. The molecule has 0 aromatic rings. The summed E-state index contributed by atoms with van der Waals surface area (Å²) in [5.74, 6) is 0. The topological polar surface area (TPSA) is 9.23 Å². The van der Waals surface area contributed by atoms with Crippen molar-refractivity contribution in [2.75, 3.05) is 0 Å². The molecule has 0 aliphatic heterocycles. The van der Waals surface area contributed by atoms with Crippen LogP contribution in [0.3, 0.4) is 0 Å². The van der Waals surface area contributed by atoms with Crippen LogP contribution in [-0.4, -0.2) is 8.32 Å². The summed E-state index contributed by atoms with van der Waals surface area (Å²) in [7, 11) is -1.47. The zero-order valence-corrected chi connectivity index (χ0v) is 6.77. The van der Waals surface area contributed by atoms with E-state index in [0.29, 0.717) is 0 Å². The van der Waals surface area contributed by atoms with Crippen molar-refractivity contribution in [1.29, 1.82) is 0 Å². The van der Waals surface area contributed by atoms with Crippen LogP contribution >= 0.6 is 0 Å². The largest absolute Gasteiger partial charge is 0.408 e. The lowest BCUT2D eigenvalue weighted by Crippen LogP contribution is -2.25. The Hall–Kier alpha value is -0.0831. The molecule has 0 saturated carbocycles. The highest BCUT2D eigenvalue weighted by Crippen LogP contribution is 2.04. The molecule has 0 aromatic heterocycles. The summed E-state index contributed by atoms with van der Waals surface area (Å²) in [5, 5.41) is 0. The van der Waals surface area contributed by atoms with Gasteiger partial charge in [0.15, 0.2) is 0 Å². The second kappa shape index (κ2) is 3.05.